The van der Waals surface area contributed by atoms with Gasteiger partial charge in [-0.15, -0.1) is 12.4 Å². The molecule has 1 aliphatic rings. The van der Waals surface area contributed by atoms with Gasteiger partial charge in [-0.1, -0.05) is 11.6 Å². The van der Waals surface area contributed by atoms with Gasteiger partial charge in [-0.05, 0) is 43.1 Å². The van der Waals surface area contributed by atoms with Crippen molar-refractivity contribution in [3.63, 3.8) is 0 Å². The smallest absolute Gasteiger partial charge is 0.0789 e. The first-order valence-corrected chi connectivity index (χ1v) is 6.89. The fraction of sp³-hybridized carbons (Fsp3) is 0.429. The number of fused-ring (bicyclic) bond motifs is 3. The lowest BCUT2D eigenvalue weighted by molar-refractivity contribution is 0.0780. The molecule has 0 radical (unpaired) electrons. The van der Waals surface area contributed by atoms with Crippen LogP contribution in [0.15, 0.2) is 18.2 Å². The Morgan fingerprint density at radius 1 is 1.40 bits per heavy atom. The van der Waals surface area contributed by atoms with Crippen LogP contribution in [0.2, 0.25) is 5.02 Å². The first kappa shape index (κ1) is 15.6. The van der Waals surface area contributed by atoms with Crippen LogP contribution in [-0.4, -0.2) is 34.5 Å². The third-order valence-corrected chi connectivity index (χ3v) is 3.97. The zero-order valence-electron chi connectivity index (χ0n) is 10.9. The van der Waals surface area contributed by atoms with Crippen molar-refractivity contribution in [1.29, 1.82) is 0 Å². The number of hydrogen-bond donors (Lipinski definition) is 4. The first-order valence-electron chi connectivity index (χ1n) is 6.51. The van der Waals surface area contributed by atoms with Crippen LogP contribution in [0.25, 0.3) is 10.9 Å². The Bertz CT molecular complexity index is 600. The summed E-state index contributed by atoms with van der Waals surface area (Å²) in [7, 11) is 0. The van der Waals surface area contributed by atoms with Gasteiger partial charge in [-0.25, -0.2) is 0 Å². The number of H-pyrrole nitrogens is 1. The topological polar surface area (TPSA) is 68.3 Å². The zero-order chi connectivity index (χ0) is 13.4. The molecule has 0 fully saturated rings. The number of hydrogen-bond acceptors (Lipinski definition) is 3. The summed E-state index contributed by atoms with van der Waals surface area (Å²) in [5, 5.41) is 23.9. The van der Waals surface area contributed by atoms with Gasteiger partial charge in [-0.3, -0.25) is 0 Å². The second-order valence-corrected chi connectivity index (χ2v) is 5.47. The van der Waals surface area contributed by atoms with Crippen molar-refractivity contribution in [1.82, 2.24) is 10.3 Å². The van der Waals surface area contributed by atoms with Crippen LogP contribution in [0.4, 0.5) is 0 Å². The van der Waals surface area contributed by atoms with Crippen molar-refractivity contribution in [2.24, 2.45) is 0 Å². The highest BCUT2D eigenvalue weighted by molar-refractivity contribution is 6.31. The van der Waals surface area contributed by atoms with E-state index in [0.29, 0.717) is 6.42 Å². The lowest BCUT2D eigenvalue weighted by atomic mass is 9.96. The Kier molecular flexibility index (Phi) is 4.94. The van der Waals surface area contributed by atoms with Crippen LogP contribution in [0, 0.1) is 0 Å². The molecule has 2 atom stereocenters. The first-order chi connectivity index (χ1) is 9.19. The SMILES string of the molecule is Cl.OC[C@@H](O)C[C@@H]1NCCc2c1[nH]c1ccc(Cl)cc21. The van der Waals surface area contributed by atoms with E-state index in [0.717, 1.165) is 34.6 Å². The minimum absolute atomic E-state index is 0. The van der Waals surface area contributed by atoms with E-state index in [4.69, 9.17) is 16.7 Å². The molecule has 2 aromatic rings. The van der Waals surface area contributed by atoms with Gasteiger partial charge in [0, 0.05) is 21.6 Å². The van der Waals surface area contributed by atoms with Gasteiger partial charge >= 0.3 is 0 Å². The molecule has 0 amide bonds. The number of aromatic amines is 1. The molecule has 0 aliphatic carbocycles. The number of benzene rings is 1. The molecule has 1 aliphatic heterocycles. The Labute approximate surface area is 128 Å². The summed E-state index contributed by atoms with van der Waals surface area (Å²) in [4.78, 5) is 3.41. The largest absolute Gasteiger partial charge is 0.394 e. The molecule has 1 aromatic heterocycles. The fourth-order valence-electron chi connectivity index (χ4n) is 2.83. The molecule has 0 unspecified atom stereocenters. The van der Waals surface area contributed by atoms with E-state index in [-0.39, 0.29) is 25.1 Å². The van der Waals surface area contributed by atoms with E-state index in [1.54, 1.807) is 0 Å². The second kappa shape index (κ2) is 6.33. The molecule has 3 rings (SSSR count). The number of aliphatic hydroxyl groups is 2. The third kappa shape index (κ3) is 2.80. The summed E-state index contributed by atoms with van der Waals surface area (Å²) in [6.45, 7) is 0.662. The van der Waals surface area contributed by atoms with Gasteiger partial charge in [-0.2, -0.15) is 0 Å². The molecule has 0 bridgehead atoms. The van der Waals surface area contributed by atoms with E-state index < -0.39 is 6.10 Å². The van der Waals surface area contributed by atoms with Gasteiger partial charge in [0.2, 0.25) is 0 Å². The van der Waals surface area contributed by atoms with Crippen LogP contribution < -0.4 is 5.32 Å². The molecule has 0 saturated heterocycles. The van der Waals surface area contributed by atoms with Crippen molar-refractivity contribution in [3.05, 3.63) is 34.5 Å². The van der Waals surface area contributed by atoms with Crippen molar-refractivity contribution in [2.75, 3.05) is 13.2 Å². The predicted octanol–water partition coefficient (Wildman–Crippen LogP) is 2.17. The number of halogens is 2. The third-order valence-electron chi connectivity index (χ3n) is 3.73. The summed E-state index contributed by atoms with van der Waals surface area (Å²) >= 11 is 6.06. The molecular weight excluding hydrogens is 299 g/mol. The van der Waals surface area contributed by atoms with Gasteiger partial charge in [0.25, 0.3) is 0 Å². The molecule has 0 spiro atoms. The van der Waals surface area contributed by atoms with Gasteiger partial charge in [0.15, 0.2) is 0 Å². The quantitative estimate of drug-likeness (QED) is 0.701. The van der Waals surface area contributed by atoms with Crippen molar-refractivity contribution in [3.8, 4) is 0 Å². The van der Waals surface area contributed by atoms with Crippen molar-refractivity contribution < 1.29 is 10.2 Å². The van der Waals surface area contributed by atoms with Crippen LogP contribution >= 0.6 is 24.0 Å². The highest BCUT2D eigenvalue weighted by Gasteiger charge is 2.25. The average molecular weight is 317 g/mol. The maximum Gasteiger partial charge on any atom is 0.0789 e. The lowest BCUT2D eigenvalue weighted by Gasteiger charge is -2.25. The van der Waals surface area contributed by atoms with E-state index in [1.807, 2.05) is 18.2 Å². The minimum atomic E-state index is -0.696. The Hall–Kier alpha value is -0.780. The molecule has 2 heterocycles. The van der Waals surface area contributed by atoms with E-state index in [9.17, 15) is 5.11 Å². The summed E-state index contributed by atoms with van der Waals surface area (Å²) in [6, 6.07) is 5.89. The minimum Gasteiger partial charge on any atom is -0.394 e. The summed E-state index contributed by atoms with van der Waals surface area (Å²) in [5.41, 5.74) is 3.45. The summed E-state index contributed by atoms with van der Waals surface area (Å²) in [5.74, 6) is 0. The van der Waals surface area contributed by atoms with Gasteiger partial charge < -0.3 is 20.5 Å². The molecule has 4 N–H and O–H groups in total. The normalized spacial score (nSPS) is 19.4. The highest BCUT2D eigenvalue weighted by Crippen LogP contribution is 2.33. The average Bonchev–Trinajstić information content (AvgIpc) is 2.78. The molecular formula is C14H18Cl2N2O2. The van der Waals surface area contributed by atoms with E-state index >= 15 is 0 Å². The standard InChI is InChI=1S/C14H17ClN2O2.ClH/c15-8-1-2-12-11(5-8)10-3-4-16-13(14(10)17-12)6-9(19)7-18;/h1-2,5,9,13,16-19H,3-4,6-7H2;1H/t9-,13-;/m0./s1. The van der Waals surface area contributed by atoms with Crippen molar-refractivity contribution >= 4 is 34.9 Å². The zero-order valence-corrected chi connectivity index (χ0v) is 12.5. The lowest BCUT2D eigenvalue weighted by Crippen LogP contribution is -2.33. The maximum absolute atomic E-state index is 9.63. The molecule has 0 saturated carbocycles. The molecule has 20 heavy (non-hydrogen) atoms. The number of aliphatic hydroxyl groups excluding tert-OH is 2. The van der Waals surface area contributed by atoms with E-state index in [1.165, 1.54) is 5.56 Å². The summed E-state index contributed by atoms with van der Waals surface area (Å²) in [6.07, 6.45) is 0.754. The van der Waals surface area contributed by atoms with Crippen LogP contribution in [0.3, 0.4) is 0 Å². The Morgan fingerprint density at radius 2 is 2.20 bits per heavy atom. The van der Waals surface area contributed by atoms with Crippen LogP contribution in [-0.2, 0) is 6.42 Å². The predicted molar refractivity (Wildman–Crippen MR) is 82.7 cm³/mol. The highest BCUT2D eigenvalue weighted by atomic mass is 35.5. The van der Waals surface area contributed by atoms with Crippen LogP contribution in [0.1, 0.15) is 23.7 Å². The summed E-state index contributed by atoms with van der Waals surface area (Å²) < 4.78 is 0. The fourth-order valence-corrected chi connectivity index (χ4v) is 3.00. The molecule has 4 nitrogen and oxygen atoms in total. The Balaban J connectivity index is 0.00000147. The Morgan fingerprint density at radius 3 is 2.95 bits per heavy atom. The van der Waals surface area contributed by atoms with Gasteiger partial charge in [0.1, 0.15) is 0 Å². The number of nitrogens with one attached hydrogen (secondary N) is 2. The van der Waals surface area contributed by atoms with Crippen LogP contribution in [0.5, 0.6) is 0 Å². The van der Waals surface area contributed by atoms with Gasteiger partial charge in [0.05, 0.1) is 18.8 Å². The number of aromatic nitrogens is 1. The molecule has 1 aromatic carbocycles. The van der Waals surface area contributed by atoms with E-state index in [2.05, 4.69) is 10.3 Å². The number of rotatable bonds is 3. The molecule has 6 heteroatoms. The monoisotopic (exact) mass is 316 g/mol. The maximum atomic E-state index is 9.63. The molecule has 110 valence electrons. The van der Waals surface area contributed by atoms with Crippen molar-refractivity contribution in [2.45, 2.75) is 25.0 Å². The second-order valence-electron chi connectivity index (χ2n) is 5.04.